The van der Waals surface area contributed by atoms with Gasteiger partial charge in [-0.15, -0.1) is 0 Å². The highest BCUT2D eigenvalue weighted by Gasteiger charge is 2.06. The first-order valence-corrected chi connectivity index (χ1v) is 7.91. The minimum absolute atomic E-state index is 0.0785. The topological polar surface area (TPSA) is 64.6 Å². The molecule has 0 aliphatic carbocycles. The summed E-state index contributed by atoms with van der Waals surface area (Å²) in [6.07, 6.45) is 0.463. The van der Waals surface area contributed by atoms with Crippen LogP contribution in [0, 0.1) is 0 Å². The van der Waals surface area contributed by atoms with Crippen molar-refractivity contribution in [3.05, 3.63) is 54.1 Å². The number of amides is 1. The van der Waals surface area contributed by atoms with Crippen molar-refractivity contribution in [1.82, 2.24) is 0 Å². The predicted octanol–water partition coefficient (Wildman–Crippen LogP) is 3.70. The van der Waals surface area contributed by atoms with Crippen molar-refractivity contribution in [2.45, 2.75) is 20.3 Å². The molecule has 0 fully saturated rings. The molecule has 0 saturated heterocycles. The fourth-order valence-corrected chi connectivity index (χ4v) is 2.09. The van der Waals surface area contributed by atoms with Crippen molar-refractivity contribution in [2.75, 3.05) is 18.5 Å². The minimum atomic E-state index is -0.257. The number of carbonyl (C=O) groups is 2. The van der Waals surface area contributed by atoms with Crippen LogP contribution in [0.25, 0.3) is 0 Å². The van der Waals surface area contributed by atoms with Crippen molar-refractivity contribution >= 4 is 17.4 Å². The van der Waals surface area contributed by atoms with Gasteiger partial charge in [0.25, 0.3) is 5.91 Å². The third kappa shape index (κ3) is 5.12. The molecule has 5 heteroatoms. The van der Waals surface area contributed by atoms with E-state index in [2.05, 4.69) is 5.32 Å². The van der Waals surface area contributed by atoms with Gasteiger partial charge in [0, 0.05) is 17.7 Å². The smallest absolute Gasteiger partial charge is 0.262 e. The van der Waals surface area contributed by atoms with Crippen LogP contribution in [0.2, 0.25) is 0 Å². The van der Waals surface area contributed by atoms with Gasteiger partial charge in [-0.1, -0.05) is 6.92 Å². The quantitative estimate of drug-likeness (QED) is 0.751. The monoisotopic (exact) mass is 327 g/mol. The van der Waals surface area contributed by atoms with Gasteiger partial charge in [0.1, 0.15) is 11.5 Å². The van der Waals surface area contributed by atoms with Crippen molar-refractivity contribution in [3.8, 4) is 11.5 Å². The van der Waals surface area contributed by atoms with E-state index in [1.807, 2.05) is 13.8 Å². The van der Waals surface area contributed by atoms with Crippen LogP contribution in [-0.4, -0.2) is 24.9 Å². The molecule has 2 rings (SSSR count). The van der Waals surface area contributed by atoms with Gasteiger partial charge in [-0.25, -0.2) is 0 Å². The second kappa shape index (κ2) is 8.72. The molecule has 5 nitrogen and oxygen atoms in total. The summed E-state index contributed by atoms with van der Waals surface area (Å²) in [5.74, 6) is 1.13. The molecule has 126 valence electrons. The number of carbonyl (C=O) groups excluding carboxylic acids is 2. The summed E-state index contributed by atoms with van der Waals surface area (Å²) in [7, 11) is 0. The number of ether oxygens (including phenoxy) is 2. The van der Waals surface area contributed by atoms with Gasteiger partial charge >= 0.3 is 0 Å². The Balaban J connectivity index is 1.83. The maximum absolute atomic E-state index is 11.9. The van der Waals surface area contributed by atoms with E-state index in [1.54, 1.807) is 48.5 Å². The van der Waals surface area contributed by atoms with Crippen molar-refractivity contribution < 1.29 is 19.1 Å². The van der Waals surface area contributed by atoms with E-state index in [9.17, 15) is 9.59 Å². The molecule has 0 heterocycles. The molecule has 0 unspecified atom stereocenters. The zero-order valence-corrected chi connectivity index (χ0v) is 13.9. The molecule has 0 aliphatic rings. The molecule has 1 N–H and O–H groups in total. The Labute approximate surface area is 141 Å². The summed E-state index contributed by atoms with van der Waals surface area (Å²) in [4.78, 5) is 23.4. The molecular formula is C19H21NO4. The number of benzene rings is 2. The summed E-state index contributed by atoms with van der Waals surface area (Å²) < 4.78 is 10.8. The molecule has 0 radical (unpaired) electrons. The second-order valence-electron chi connectivity index (χ2n) is 5.10. The van der Waals surface area contributed by atoms with Crippen LogP contribution in [-0.2, 0) is 4.79 Å². The van der Waals surface area contributed by atoms with Crippen LogP contribution in [0.5, 0.6) is 11.5 Å². The Kier molecular flexibility index (Phi) is 6.37. The summed E-state index contributed by atoms with van der Waals surface area (Å²) in [6.45, 7) is 4.23. The number of ketones is 1. The molecule has 0 aliphatic heterocycles. The number of hydrogen-bond donors (Lipinski definition) is 1. The third-order valence-electron chi connectivity index (χ3n) is 3.32. The summed E-state index contributed by atoms with van der Waals surface area (Å²) in [5, 5.41) is 2.75. The number of nitrogens with one attached hydrogen (secondary N) is 1. The number of rotatable bonds is 8. The van der Waals surface area contributed by atoms with E-state index in [0.717, 1.165) is 5.75 Å². The lowest BCUT2D eigenvalue weighted by atomic mass is 10.1. The Morgan fingerprint density at radius 3 is 2.04 bits per heavy atom. The molecule has 2 aromatic rings. The maximum atomic E-state index is 11.9. The summed E-state index contributed by atoms with van der Waals surface area (Å²) >= 11 is 0. The van der Waals surface area contributed by atoms with E-state index < -0.39 is 0 Å². The minimum Gasteiger partial charge on any atom is -0.494 e. The van der Waals surface area contributed by atoms with Crippen molar-refractivity contribution in [3.63, 3.8) is 0 Å². The van der Waals surface area contributed by atoms with Crippen LogP contribution in [0.15, 0.2) is 48.5 Å². The third-order valence-corrected chi connectivity index (χ3v) is 3.32. The molecule has 0 bridgehead atoms. The van der Waals surface area contributed by atoms with Crippen LogP contribution in [0.1, 0.15) is 30.6 Å². The Morgan fingerprint density at radius 1 is 0.875 bits per heavy atom. The van der Waals surface area contributed by atoms with Crippen LogP contribution >= 0.6 is 0 Å². The fraction of sp³-hybridized carbons (Fsp3) is 0.263. The van der Waals surface area contributed by atoms with Crippen LogP contribution in [0.4, 0.5) is 5.69 Å². The Hall–Kier alpha value is -2.82. The molecule has 0 spiro atoms. The molecule has 2 aromatic carbocycles. The van der Waals surface area contributed by atoms with E-state index in [4.69, 9.17) is 9.47 Å². The van der Waals surface area contributed by atoms with Crippen LogP contribution in [0.3, 0.4) is 0 Å². The van der Waals surface area contributed by atoms with Crippen molar-refractivity contribution in [1.29, 1.82) is 0 Å². The standard InChI is InChI=1S/C19H21NO4/c1-3-18(21)14-5-9-17(10-6-14)24-13-19(22)20-15-7-11-16(12-8-15)23-4-2/h5-12H,3-4,13H2,1-2H3,(H,20,22). The molecule has 1 amide bonds. The molecule has 0 atom stereocenters. The highest BCUT2D eigenvalue weighted by Crippen LogP contribution is 2.16. The van der Waals surface area contributed by atoms with Gasteiger partial charge in [0.2, 0.25) is 0 Å². The van der Waals surface area contributed by atoms with E-state index in [0.29, 0.717) is 30.0 Å². The largest absolute Gasteiger partial charge is 0.494 e. The van der Waals surface area contributed by atoms with Gasteiger partial charge in [-0.05, 0) is 55.5 Å². The summed E-state index contributed by atoms with van der Waals surface area (Å²) in [6, 6.07) is 13.9. The van der Waals surface area contributed by atoms with E-state index >= 15 is 0 Å². The highest BCUT2D eigenvalue weighted by molar-refractivity contribution is 5.96. The predicted molar refractivity (Wildman–Crippen MR) is 92.8 cm³/mol. The van der Waals surface area contributed by atoms with Gasteiger partial charge in [-0.2, -0.15) is 0 Å². The van der Waals surface area contributed by atoms with Gasteiger partial charge in [0.05, 0.1) is 6.61 Å². The normalized spacial score (nSPS) is 10.1. The first-order chi connectivity index (χ1) is 11.6. The Morgan fingerprint density at radius 2 is 1.46 bits per heavy atom. The van der Waals surface area contributed by atoms with Crippen LogP contribution < -0.4 is 14.8 Å². The lowest BCUT2D eigenvalue weighted by Crippen LogP contribution is -2.20. The SMILES string of the molecule is CCOc1ccc(NC(=O)COc2ccc(C(=O)CC)cc2)cc1. The lowest BCUT2D eigenvalue weighted by molar-refractivity contribution is -0.118. The number of hydrogen-bond acceptors (Lipinski definition) is 4. The molecule has 24 heavy (non-hydrogen) atoms. The zero-order chi connectivity index (χ0) is 17.4. The average Bonchev–Trinajstić information content (AvgIpc) is 2.61. The average molecular weight is 327 g/mol. The van der Waals surface area contributed by atoms with Crippen molar-refractivity contribution in [2.24, 2.45) is 0 Å². The molecular weight excluding hydrogens is 306 g/mol. The van der Waals surface area contributed by atoms with Gasteiger partial charge < -0.3 is 14.8 Å². The lowest BCUT2D eigenvalue weighted by Gasteiger charge is -2.09. The second-order valence-corrected chi connectivity index (χ2v) is 5.10. The fourth-order valence-electron chi connectivity index (χ4n) is 2.09. The first kappa shape index (κ1) is 17.5. The Bertz CT molecular complexity index is 678. The zero-order valence-electron chi connectivity index (χ0n) is 13.9. The highest BCUT2D eigenvalue weighted by atomic mass is 16.5. The van der Waals surface area contributed by atoms with E-state index in [1.165, 1.54) is 0 Å². The summed E-state index contributed by atoms with van der Waals surface area (Å²) in [5.41, 5.74) is 1.32. The first-order valence-electron chi connectivity index (χ1n) is 7.91. The number of Topliss-reactive ketones (excluding diaryl/α,β-unsaturated/α-hetero) is 1. The molecule has 0 saturated carbocycles. The number of anilines is 1. The maximum Gasteiger partial charge on any atom is 0.262 e. The van der Waals surface area contributed by atoms with Gasteiger partial charge in [0.15, 0.2) is 12.4 Å². The van der Waals surface area contributed by atoms with Gasteiger partial charge in [-0.3, -0.25) is 9.59 Å². The molecule has 0 aromatic heterocycles. The van der Waals surface area contributed by atoms with E-state index in [-0.39, 0.29) is 18.3 Å².